The molecule has 3 heterocycles. The summed E-state index contributed by atoms with van der Waals surface area (Å²) < 4.78 is 11.8. The van der Waals surface area contributed by atoms with Gasteiger partial charge in [-0.2, -0.15) is 0 Å². The molecule has 1 N–H and O–H groups in total. The molecule has 1 unspecified atom stereocenters. The van der Waals surface area contributed by atoms with Crippen molar-refractivity contribution in [1.82, 2.24) is 9.80 Å². The highest BCUT2D eigenvalue weighted by Crippen LogP contribution is 2.60. The highest BCUT2D eigenvalue weighted by atomic mass is 79.9. The third-order valence-electron chi connectivity index (χ3n) is 7.27. The van der Waals surface area contributed by atoms with Crippen LogP contribution in [0.3, 0.4) is 0 Å². The number of rotatable bonds is 11. The van der Waals surface area contributed by atoms with E-state index in [4.69, 9.17) is 9.47 Å². The summed E-state index contributed by atoms with van der Waals surface area (Å²) in [6, 6.07) is 8.79. The number of fused-ring (bicyclic) bond motifs is 1. The summed E-state index contributed by atoms with van der Waals surface area (Å²) in [4.78, 5) is 44.1. The summed E-state index contributed by atoms with van der Waals surface area (Å²) >= 11 is 3.65. The second kappa shape index (κ2) is 10.8. The molecule has 190 valence electrons. The number of carbonyl (C=O) groups excluding carboxylic acids is 3. The van der Waals surface area contributed by atoms with E-state index in [1.165, 1.54) is 0 Å². The maximum Gasteiger partial charge on any atom is 0.312 e. The molecule has 1 aromatic rings. The Balaban J connectivity index is 1.72. The molecule has 0 saturated carbocycles. The summed E-state index contributed by atoms with van der Waals surface area (Å²) in [6.45, 7) is 6.74. The van der Waals surface area contributed by atoms with Crippen molar-refractivity contribution < 1.29 is 29.0 Å². The highest BCUT2D eigenvalue weighted by molar-refractivity contribution is 9.09. The SMILES string of the molecule is C=CCN(Cc1ccccc1)C(=O)[C@H]1N(CCCCO)C(=O)[C@@H]2[C@@H](C(=O)OCC)[C@@H]3O[C@@]21CC3Br. The first-order valence-corrected chi connectivity index (χ1v) is 13.1. The molecule has 2 amide bonds. The number of carbonyl (C=O) groups is 3. The van der Waals surface area contributed by atoms with Crippen molar-refractivity contribution in [3.63, 3.8) is 0 Å². The molecule has 4 rings (SSSR count). The molecule has 6 atom stereocenters. The molecule has 35 heavy (non-hydrogen) atoms. The molecule has 1 aromatic carbocycles. The van der Waals surface area contributed by atoms with E-state index in [0.29, 0.717) is 38.9 Å². The van der Waals surface area contributed by atoms with Gasteiger partial charge in [0.1, 0.15) is 11.6 Å². The number of ether oxygens (including phenoxy) is 2. The maximum absolute atomic E-state index is 14.2. The third kappa shape index (κ3) is 4.54. The van der Waals surface area contributed by atoms with Crippen LogP contribution < -0.4 is 0 Å². The van der Waals surface area contributed by atoms with Gasteiger partial charge in [-0.05, 0) is 31.7 Å². The zero-order chi connectivity index (χ0) is 25.2. The Kier molecular flexibility index (Phi) is 7.98. The summed E-state index contributed by atoms with van der Waals surface area (Å²) in [5, 5.41) is 9.30. The Bertz CT molecular complexity index is 958. The van der Waals surface area contributed by atoms with Crippen molar-refractivity contribution in [3.8, 4) is 0 Å². The lowest BCUT2D eigenvalue weighted by atomic mass is 9.70. The topological polar surface area (TPSA) is 96.4 Å². The fourth-order valence-corrected chi connectivity index (χ4v) is 6.86. The number of alkyl halides is 1. The van der Waals surface area contributed by atoms with Crippen molar-refractivity contribution in [2.24, 2.45) is 11.8 Å². The first-order valence-electron chi connectivity index (χ1n) is 12.2. The van der Waals surface area contributed by atoms with E-state index < -0.39 is 35.6 Å². The molecule has 3 saturated heterocycles. The molecular weight excluding hydrogens is 516 g/mol. The second-order valence-electron chi connectivity index (χ2n) is 9.37. The largest absolute Gasteiger partial charge is 0.466 e. The molecular formula is C26H33BrN2O6. The van der Waals surface area contributed by atoms with Gasteiger partial charge in [0.2, 0.25) is 11.8 Å². The number of benzene rings is 1. The van der Waals surface area contributed by atoms with Crippen LogP contribution in [0.25, 0.3) is 0 Å². The van der Waals surface area contributed by atoms with E-state index in [9.17, 15) is 19.5 Å². The Labute approximate surface area is 214 Å². The minimum absolute atomic E-state index is 0.000684. The van der Waals surface area contributed by atoms with Crippen LogP contribution >= 0.6 is 15.9 Å². The predicted octanol–water partition coefficient (Wildman–Crippen LogP) is 2.28. The van der Waals surface area contributed by atoms with Crippen molar-refractivity contribution in [3.05, 3.63) is 48.6 Å². The minimum atomic E-state index is -1.11. The third-order valence-corrected chi connectivity index (χ3v) is 8.11. The van der Waals surface area contributed by atoms with Crippen LogP contribution in [0.5, 0.6) is 0 Å². The Morgan fingerprint density at radius 1 is 1.34 bits per heavy atom. The van der Waals surface area contributed by atoms with Crippen LogP contribution in [-0.2, 0) is 30.4 Å². The van der Waals surface area contributed by atoms with Crippen LogP contribution in [0.15, 0.2) is 43.0 Å². The number of hydrogen-bond donors (Lipinski definition) is 1. The number of esters is 1. The number of halogens is 1. The van der Waals surface area contributed by atoms with Crippen molar-refractivity contribution in [1.29, 1.82) is 0 Å². The Morgan fingerprint density at radius 2 is 2.09 bits per heavy atom. The number of amides is 2. The van der Waals surface area contributed by atoms with Gasteiger partial charge >= 0.3 is 5.97 Å². The van der Waals surface area contributed by atoms with E-state index in [1.54, 1.807) is 22.8 Å². The van der Waals surface area contributed by atoms with E-state index in [2.05, 4.69) is 22.5 Å². The van der Waals surface area contributed by atoms with Gasteiger partial charge in [-0.3, -0.25) is 14.4 Å². The van der Waals surface area contributed by atoms with Crippen LogP contribution in [0.4, 0.5) is 0 Å². The van der Waals surface area contributed by atoms with E-state index in [1.807, 2.05) is 30.3 Å². The average molecular weight is 549 g/mol. The number of nitrogens with zero attached hydrogens (tertiary/aromatic N) is 2. The van der Waals surface area contributed by atoms with Gasteiger partial charge in [0.25, 0.3) is 0 Å². The molecule has 3 aliphatic rings. The van der Waals surface area contributed by atoms with Crippen LogP contribution in [0.2, 0.25) is 0 Å². The molecule has 1 spiro atoms. The second-order valence-corrected chi connectivity index (χ2v) is 10.5. The van der Waals surface area contributed by atoms with Gasteiger partial charge in [-0.25, -0.2) is 0 Å². The molecule has 8 nitrogen and oxygen atoms in total. The number of aliphatic hydroxyl groups is 1. The van der Waals surface area contributed by atoms with Gasteiger partial charge in [0.15, 0.2) is 0 Å². The smallest absolute Gasteiger partial charge is 0.312 e. The Hall–Kier alpha value is -2.23. The maximum atomic E-state index is 14.2. The van der Waals surface area contributed by atoms with E-state index in [-0.39, 0.29) is 29.9 Å². The van der Waals surface area contributed by atoms with Gasteiger partial charge in [0, 0.05) is 31.1 Å². The zero-order valence-electron chi connectivity index (χ0n) is 20.0. The fraction of sp³-hybridized carbons (Fsp3) is 0.577. The van der Waals surface area contributed by atoms with Crippen LogP contribution in [0.1, 0.15) is 31.7 Å². The van der Waals surface area contributed by atoms with E-state index >= 15 is 0 Å². The van der Waals surface area contributed by atoms with Crippen LogP contribution in [0, 0.1) is 11.8 Å². The lowest BCUT2D eigenvalue weighted by Crippen LogP contribution is -2.56. The molecule has 3 aliphatic heterocycles. The van der Waals surface area contributed by atoms with Crippen molar-refractivity contribution >= 4 is 33.7 Å². The molecule has 9 heteroatoms. The molecule has 0 aromatic heterocycles. The standard InChI is InChI=1S/C26H33BrN2O6/c1-3-12-28(16-17-10-6-5-7-11-17)24(32)22-26-15-18(27)21(35-26)19(25(33)34-4-2)20(26)23(31)29(22)13-8-9-14-30/h3,5-7,10-11,18-22,30H,1,4,8-9,12-16H2,2H3/t18?,19-,20+,21-,22-,26+/m1/s1. The number of hydrogen-bond acceptors (Lipinski definition) is 6. The molecule has 0 radical (unpaired) electrons. The fourth-order valence-electron chi connectivity index (χ4n) is 5.92. The quantitative estimate of drug-likeness (QED) is 0.197. The normalized spacial score (nSPS) is 30.9. The Morgan fingerprint density at radius 3 is 2.74 bits per heavy atom. The lowest BCUT2D eigenvalue weighted by Gasteiger charge is -2.37. The number of aliphatic hydroxyl groups excluding tert-OH is 1. The molecule has 3 fully saturated rings. The highest BCUT2D eigenvalue weighted by Gasteiger charge is 2.77. The van der Waals surface area contributed by atoms with Crippen LogP contribution in [-0.4, -0.2) is 81.6 Å². The van der Waals surface area contributed by atoms with Gasteiger partial charge in [0.05, 0.1) is 24.5 Å². The number of likely N-dealkylation sites (tertiary alicyclic amines) is 1. The van der Waals surface area contributed by atoms with Crippen molar-refractivity contribution in [2.45, 2.75) is 55.3 Å². The van der Waals surface area contributed by atoms with Gasteiger partial charge < -0.3 is 24.4 Å². The van der Waals surface area contributed by atoms with Crippen molar-refractivity contribution in [2.75, 3.05) is 26.3 Å². The summed E-state index contributed by atoms with van der Waals surface area (Å²) in [5.74, 6) is -2.47. The lowest BCUT2D eigenvalue weighted by molar-refractivity contribution is -0.154. The zero-order valence-corrected chi connectivity index (χ0v) is 21.6. The van der Waals surface area contributed by atoms with Gasteiger partial charge in [-0.15, -0.1) is 6.58 Å². The monoisotopic (exact) mass is 548 g/mol. The van der Waals surface area contributed by atoms with E-state index in [0.717, 1.165) is 5.56 Å². The summed E-state index contributed by atoms with van der Waals surface area (Å²) in [7, 11) is 0. The first-order chi connectivity index (χ1) is 16.9. The molecule has 2 bridgehead atoms. The predicted molar refractivity (Wildman–Crippen MR) is 132 cm³/mol. The molecule has 0 aliphatic carbocycles. The number of unbranched alkanes of at least 4 members (excludes halogenated alkanes) is 1. The summed E-state index contributed by atoms with van der Waals surface area (Å²) in [6.07, 6.45) is 2.64. The van der Waals surface area contributed by atoms with Gasteiger partial charge in [-0.1, -0.05) is 52.3 Å². The average Bonchev–Trinajstić information content (AvgIpc) is 3.43. The summed E-state index contributed by atoms with van der Waals surface area (Å²) in [5.41, 5.74) is -0.146. The minimum Gasteiger partial charge on any atom is -0.466 e. The first kappa shape index (κ1) is 25.9.